The van der Waals surface area contributed by atoms with Gasteiger partial charge in [0.05, 0.1) is 21.2 Å². The molecule has 1 aromatic heterocycles. The fourth-order valence-electron chi connectivity index (χ4n) is 1.34. The summed E-state index contributed by atoms with van der Waals surface area (Å²) in [5, 5.41) is 2.97. The van der Waals surface area contributed by atoms with Crippen molar-refractivity contribution in [2.24, 2.45) is 5.84 Å². The minimum Gasteiger partial charge on any atom is -0.321 e. The van der Waals surface area contributed by atoms with Crippen molar-refractivity contribution in [1.82, 2.24) is 4.98 Å². The Balaban J connectivity index is 2.26. The van der Waals surface area contributed by atoms with Gasteiger partial charge in [-0.05, 0) is 28.1 Å². The summed E-state index contributed by atoms with van der Waals surface area (Å²) in [6.07, 6.45) is 1.56. The van der Waals surface area contributed by atoms with Crippen molar-refractivity contribution in [3.63, 3.8) is 0 Å². The summed E-state index contributed by atoms with van der Waals surface area (Å²) in [4.78, 5) is 15.9. The molecule has 2 rings (SSSR count). The van der Waals surface area contributed by atoms with E-state index in [2.05, 4.69) is 31.7 Å². The monoisotopic (exact) mass is 330 g/mol. The number of hydrogen-bond donors (Lipinski definition) is 3. The van der Waals surface area contributed by atoms with Gasteiger partial charge in [-0.1, -0.05) is 17.4 Å². The highest BCUT2D eigenvalue weighted by molar-refractivity contribution is 9.11. The maximum absolute atomic E-state index is 13.4. The van der Waals surface area contributed by atoms with Crippen LogP contribution in [0.2, 0.25) is 0 Å². The molecule has 0 bridgehead atoms. The standard InChI is InChI=1S/C10H8BrFN4OS/c11-7-4-14-10(18-7)15-9(17)5-2-1-3-6(12)8(5)16-13/h1-4,16H,13H2,(H,14,15,17). The number of hydrazine groups is 1. The summed E-state index contributed by atoms with van der Waals surface area (Å²) in [5.74, 6) is 4.12. The Bertz CT molecular complexity index is 589. The molecule has 0 radical (unpaired) electrons. The second-order valence-electron chi connectivity index (χ2n) is 3.23. The van der Waals surface area contributed by atoms with Crippen LogP contribution in [0.5, 0.6) is 0 Å². The number of nitrogens with two attached hydrogens (primary N) is 1. The minimum absolute atomic E-state index is 0.0504. The van der Waals surface area contributed by atoms with Crippen molar-refractivity contribution in [3.05, 3.63) is 39.6 Å². The Hall–Kier alpha value is -1.51. The average Bonchev–Trinajstić information content (AvgIpc) is 2.74. The number of amides is 1. The van der Waals surface area contributed by atoms with Crippen molar-refractivity contribution in [1.29, 1.82) is 0 Å². The first kappa shape index (κ1) is 12.9. The van der Waals surface area contributed by atoms with Gasteiger partial charge in [0.25, 0.3) is 5.91 Å². The van der Waals surface area contributed by atoms with E-state index in [9.17, 15) is 9.18 Å². The summed E-state index contributed by atoms with van der Waals surface area (Å²) >= 11 is 4.49. The summed E-state index contributed by atoms with van der Waals surface area (Å²) in [6.45, 7) is 0. The Morgan fingerprint density at radius 2 is 2.28 bits per heavy atom. The molecule has 1 aromatic carbocycles. The number of aromatic nitrogens is 1. The molecule has 0 saturated heterocycles. The highest BCUT2D eigenvalue weighted by Crippen LogP contribution is 2.25. The number of nitrogens with one attached hydrogen (secondary N) is 2. The van der Waals surface area contributed by atoms with E-state index in [4.69, 9.17) is 5.84 Å². The fourth-order valence-corrected chi connectivity index (χ4v) is 2.44. The molecule has 0 aliphatic heterocycles. The van der Waals surface area contributed by atoms with E-state index in [0.717, 1.165) is 3.79 Å². The molecule has 0 saturated carbocycles. The van der Waals surface area contributed by atoms with Crippen LogP contribution in [0.3, 0.4) is 0 Å². The van der Waals surface area contributed by atoms with Gasteiger partial charge in [-0.25, -0.2) is 9.37 Å². The largest absolute Gasteiger partial charge is 0.321 e. The molecule has 0 aliphatic carbocycles. The number of rotatable bonds is 3. The Morgan fingerprint density at radius 1 is 1.50 bits per heavy atom. The molecule has 1 amide bonds. The van der Waals surface area contributed by atoms with Crippen molar-refractivity contribution in [2.45, 2.75) is 0 Å². The van der Waals surface area contributed by atoms with Crippen LogP contribution < -0.4 is 16.6 Å². The SMILES string of the molecule is NNc1c(F)cccc1C(=O)Nc1ncc(Br)s1. The third kappa shape index (κ3) is 2.66. The molecule has 0 atom stereocenters. The van der Waals surface area contributed by atoms with Crippen molar-refractivity contribution in [3.8, 4) is 0 Å². The zero-order chi connectivity index (χ0) is 13.1. The number of carbonyl (C=O) groups excluding carboxylic acids is 1. The Labute approximate surface area is 114 Å². The number of hydrogen-bond acceptors (Lipinski definition) is 5. The lowest BCUT2D eigenvalue weighted by molar-refractivity contribution is 0.102. The maximum Gasteiger partial charge on any atom is 0.259 e. The topological polar surface area (TPSA) is 80.0 Å². The van der Waals surface area contributed by atoms with Gasteiger partial charge >= 0.3 is 0 Å². The van der Waals surface area contributed by atoms with Crippen LogP contribution in [0, 0.1) is 5.82 Å². The molecule has 8 heteroatoms. The number of nitrogen functional groups attached to an aromatic ring is 1. The van der Waals surface area contributed by atoms with E-state index >= 15 is 0 Å². The summed E-state index contributed by atoms with van der Waals surface area (Å²) in [5.41, 5.74) is 2.24. The molecular weight excluding hydrogens is 323 g/mol. The van der Waals surface area contributed by atoms with Gasteiger partial charge in [-0.3, -0.25) is 16.0 Å². The molecule has 1 heterocycles. The zero-order valence-corrected chi connectivity index (χ0v) is 11.3. The van der Waals surface area contributed by atoms with Crippen LogP contribution in [0.4, 0.5) is 15.2 Å². The van der Waals surface area contributed by atoms with Crippen molar-refractivity contribution >= 4 is 44.0 Å². The van der Waals surface area contributed by atoms with E-state index < -0.39 is 11.7 Å². The van der Waals surface area contributed by atoms with Gasteiger partial charge in [0.15, 0.2) is 5.13 Å². The van der Waals surface area contributed by atoms with Crippen LogP contribution >= 0.6 is 27.3 Å². The smallest absolute Gasteiger partial charge is 0.259 e. The van der Waals surface area contributed by atoms with E-state index in [1.54, 1.807) is 6.20 Å². The second-order valence-corrected chi connectivity index (χ2v) is 5.64. The number of benzene rings is 1. The lowest BCUT2D eigenvalue weighted by atomic mass is 10.1. The second kappa shape index (κ2) is 5.42. The average molecular weight is 331 g/mol. The van der Waals surface area contributed by atoms with E-state index in [1.807, 2.05) is 0 Å². The first-order chi connectivity index (χ1) is 8.61. The molecule has 2 aromatic rings. The molecule has 4 N–H and O–H groups in total. The first-order valence-electron chi connectivity index (χ1n) is 4.79. The van der Waals surface area contributed by atoms with Gasteiger partial charge < -0.3 is 5.43 Å². The highest BCUT2D eigenvalue weighted by Gasteiger charge is 2.15. The first-order valence-corrected chi connectivity index (χ1v) is 6.40. The zero-order valence-electron chi connectivity index (χ0n) is 8.91. The molecule has 18 heavy (non-hydrogen) atoms. The number of nitrogens with zero attached hydrogens (tertiary/aromatic N) is 1. The normalized spacial score (nSPS) is 10.2. The number of para-hydroxylation sites is 1. The molecule has 0 fully saturated rings. The van der Waals surface area contributed by atoms with Gasteiger partial charge in [0.2, 0.25) is 0 Å². The van der Waals surface area contributed by atoms with Crippen LogP contribution in [-0.2, 0) is 0 Å². The summed E-state index contributed by atoms with van der Waals surface area (Å²) in [6, 6.07) is 4.12. The molecule has 94 valence electrons. The van der Waals surface area contributed by atoms with Gasteiger partial charge in [0.1, 0.15) is 5.82 Å². The van der Waals surface area contributed by atoms with Crippen LogP contribution in [0.1, 0.15) is 10.4 Å². The number of anilines is 2. The van der Waals surface area contributed by atoms with E-state index in [-0.39, 0.29) is 11.3 Å². The third-order valence-corrected chi connectivity index (χ3v) is 3.49. The van der Waals surface area contributed by atoms with Crippen LogP contribution in [0.15, 0.2) is 28.2 Å². The molecule has 0 spiro atoms. The van der Waals surface area contributed by atoms with Crippen molar-refractivity contribution in [2.75, 3.05) is 10.7 Å². The van der Waals surface area contributed by atoms with Crippen LogP contribution in [-0.4, -0.2) is 10.9 Å². The Morgan fingerprint density at radius 3 is 2.89 bits per heavy atom. The molecule has 0 unspecified atom stereocenters. The molecular formula is C10H8BrFN4OS. The molecule has 0 aliphatic rings. The lowest BCUT2D eigenvalue weighted by Gasteiger charge is -2.08. The fraction of sp³-hybridized carbons (Fsp3) is 0. The Kier molecular flexibility index (Phi) is 3.90. The van der Waals surface area contributed by atoms with Gasteiger partial charge in [-0.15, -0.1) is 0 Å². The van der Waals surface area contributed by atoms with Gasteiger partial charge in [0, 0.05) is 0 Å². The van der Waals surface area contributed by atoms with E-state index in [1.165, 1.54) is 29.5 Å². The van der Waals surface area contributed by atoms with Crippen LogP contribution in [0.25, 0.3) is 0 Å². The lowest BCUT2D eigenvalue weighted by Crippen LogP contribution is -2.18. The third-order valence-electron chi connectivity index (χ3n) is 2.10. The minimum atomic E-state index is -0.592. The maximum atomic E-state index is 13.4. The summed E-state index contributed by atoms with van der Waals surface area (Å²) < 4.78 is 14.2. The quantitative estimate of drug-likeness (QED) is 0.597. The molecule has 5 nitrogen and oxygen atoms in total. The van der Waals surface area contributed by atoms with E-state index in [0.29, 0.717) is 5.13 Å². The number of halogens is 2. The highest BCUT2D eigenvalue weighted by atomic mass is 79.9. The number of thiazole rings is 1. The van der Waals surface area contributed by atoms with Crippen molar-refractivity contribution < 1.29 is 9.18 Å². The number of carbonyl (C=O) groups is 1. The van der Waals surface area contributed by atoms with Gasteiger partial charge in [-0.2, -0.15) is 0 Å². The predicted molar refractivity (Wildman–Crippen MR) is 72.0 cm³/mol. The summed E-state index contributed by atoms with van der Waals surface area (Å²) in [7, 11) is 0. The predicted octanol–water partition coefficient (Wildman–Crippen LogP) is 2.58.